The molecule has 0 spiro atoms. The fourth-order valence-corrected chi connectivity index (χ4v) is 3.12. The molecule has 1 saturated carbocycles. The lowest BCUT2D eigenvalue weighted by Crippen LogP contribution is -2.23. The van der Waals surface area contributed by atoms with Crippen molar-refractivity contribution in [3.63, 3.8) is 0 Å². The number of hydrogen-bond donors (Lipinski definition) is 0. The van der Waals surface area contributed by atoms with Crippen LogP contribution < -0.4 is 0 Å². The molecule has 0 saturated heterocycles. The van der Waals surface area contributed by atoms with E-state index >= 15 is 0 Å². The summed E-state index contributed by atoms with van der Waals surface area (Å²) >= 11 is 0. The number of nitrogens with zero attached hydrogens (tertiary/aromatic N) is 2. The van der Waals surface area contributed by atoms with Crippen molar-refractivity contribution in [3.8, 4) is 0 Å². The van der Waals surface area contributed by atoms with E-state index in [1.807, 2.05) is 6.20 Å². The summed E-state index contributed by atoms with van der Waals surface area (Å²) in [5.41, 5.74) is 1.33. The molecule has 1 aromatic heterocycles. The van der Waals surface area contributed by atoms with Gasteiger partial charge in [-0.2, -0.15) is 0 Å². The van der Waals surface area contributed by atoms with Crippen molar-refractivity contribution in [2.75, 3.05) is 0 Å². The highest BCUT2D eigenvalue weighted by Crippen LogP contribution is 2.35. The highest BCUT2D eigenvalue weighted by Gasteiger charge is 2.26. The summed E-state index contributed by atoms with van der Waals surface area (Å²) in [6, 6.07) is 0. The zero-order chi connectivity index (χ0) is 11.0. The number of aldehydes is 1. The molecule has 3 nitrogen and oxygen atoms in total. The molecule has 3 rings (SSSR count). The molecule has 1 atom stereocenters. The van der Waals surface area contributed by atoms with Crippen LogP contribution >= 0.6 is 0 Å². The molecule has 0 N–H and O–H groups in total. The Morgan fingerprint density at radius 2 is 2.12 bits per heavy atom. The minimum absolute atomic E-state index is 0.210. The van der Waals surface area contributed by atoms with E-state index in [2.05, 4.69) is 9.55 Å². The third kappa shape index (κ3) is 1.58. The number of carbonyl (C=O) groups excluding carboxylic acids is 1. The summed E-state index contributed by atoms with van der Waals surface area (Å²) in [5, 5.41) is 0. The second-order valence-corrected chi connectivity index (χ2v) is 5.13. The maximum Gasteiger partial charge on any atom is 0.124 e. The van der Waals surface area contributed by atoms with Gasteiger partial charge < -0.3 is 9.36 Å². The molecule has 0 bridgehead atoms. The smallest absolute Gasteiger partial charge is 0.124 e. The second-order valence-electron chi connectivity index (χ2n) is 5.13. The molecule has 1 unspecified atom stereocenters. The fraction of sp³-hybridized carbons (Fsp3) is 0.692. The van der Waals surface area contributed by atoms with E-state index < -0.39 is 0 Å². The van der Waals surface area contributed by atoms with Crippen LogP contribution in [0.4, 0.5) is 0 Å². The van der Waals surface area contributed by atoms with Gasteiger partial charge in [-0.05, 0) is 25.7 Å². The Labute approximate surface area is 95.9 Å². The van der Waals surface area contributed by atoms with Gasteiger partial charge in [0.2, 0.25) is 0 Å². The minimum Gasteiger partial charge on any atom is -0.331 e. The molecule has 2 heterocycles. The largest absolute Gasteiger partial charge is 0.331 e. The molecule has 3 heteroatoms. The molecule has 1 aromatic rings. The Kier molecular flexibility index (Phi) is 2.54. The van der Waals surface area contributed by atoms with Gasteiger partial charge >= 0.3 is 0 Å². The molecule has 86 valence electrons. The summed E-state index contributed by atoms with van der Waals surface area (Å²) in [7, 11) is 0. The number of aromatic nitrogens is 2. The van der Waals surface area contributed by atoms with E-state index in [0.717, 1.165) is 25.7 Å². The first-order chi connectivity index (χ1) is 7.88. The van der Waals surface area contributed by atoms with Gasteiger partial charge in [-0.1, -0.05) is 12.8 Å². The number of rotatable bonds is 2. The van der Waals surface area contributed by atoms with Crippen LogP contribution in [0.3, 0.4) is 0 Å². The van der Waals surface area contributed by atoms with Crippen LogP contribution in [0.15, 0.2) is 6.20 Å². The Balaban J connectivity index is 1.90. The van der Waals surface area contributed by atoms with Crippen molar-refractivity contribution in [2.24, 2.45) is 5.92 Å². The standard InChI is InChI=1S/C13H18N2O/c16-9-10-5-6-12-7-14-13(15(12)8-10)11-3-1-2-4-11/h7,9-11H,1-6,8H2. The number of hydrogen-bond acceptors (Lipinski definition) is 2. The van der Waals surface area contributed by atoms with E-state index in [4.69, 9.17) is 0 Å². The molecule has 16 heavy (non-hydrogen) atoms. The molecule has 0 aromatic carbocycles. The second kappa shape index (κ2) is 4.04. The van der Waals surface area contributed by atoms with Gasteiger partial charge in [-0.3, -0.25) is 0 Å². The average Bonchev–Trinajstić information content (AvgIpc) is 2.96. The first kappa shape index (κ1) is 10.1. The zero-order valence-corrected chi connectivity index (χ0v) is 9.56. The molecule has 1 aliphatic carbocycles. The highest BCUT2D eigenvalue weighted by atomic mass is 16.1. The third-order valence-electron chi connectivity index (χ3n) is 4.07. The summed E-state index contributed by atoms with van der Waals surface area (Å²) in [4.78, 5) is 15.5. The lowest BCUT2D eigenvalue weighted by Gasteiger charge is -2.23. The van der Waals surface area contributed by atoms with E-state index in [-0.39, 0.29) is 5.92 Å². The number of fused-ring (bicyclic) bond motifs is 1. The van der Waals surface area contributed by atoms with Gasteiger partial charge in [0.15, 0.2) is 0 Å². The highest BCUT2D eigenvalue weighted by molar-refractivity contribution is 5.53. The van der Waals surface area contributed by atoms with E-state index in [1.165, 1.54) is 37.2 Å². The van der Waals surface area contributed by atoms with Gasteiger partial charge in [0.1, 0.15) is 12.1 Å². The summed E-state index contributed by atoms with van der Waals surface area (Å²) in [6.45, 7) is 0.866. The van der Waals surface area contributed by atoms with Crippen LogP contribution in [0.1, 0.15) is 49.5 Å². The van der Waals surface area contributed by atoms with E-state index in [1.54, 1.807) is 0 Å². The number of imidazole rings is 1. The topological polar surface area (TPSA) is 34.9 Å². The van der Waals surface area contributed by atoms with Gasteiger partial charge in [-0.15, -0.1) is 0 Å². The van der Waals surface area contributed by atoms with Gasteiger partial charge in [0.05, 0.1) is 0 Å². The zero-order valence-electron chi connectivity index (χ0n) is 9.56. The molecule has 0 radical (unpaired) electrons. The van der Waals surface area contributed by atoms with Crippen LogP contribution in [-0.4, -0.2) is 15.8 Å². The normalized spacial score (nSPS) is 25.6. The predicted octanol–water partition coefficient (Wildman–Crippen LogP) is 2.30. The average molecular weight is 218 g/mol. The fourth-order valence-electron chi connectivity index (χ4n) is 3.12. The summed E-state index contributed by atoms with van der Waals surface area (Å²) in [6.07, 6.45) is 10.4. The molecular formula is C13H18N2O. The Morgan fingerprint density at radius 3 is 2.88 bits per heavy atom. The van der Waals surface area contributed by atoms with Crippen molar-refractivity contribution >= 4 is 6.29 Å². The Hall–Kier alpha value is -1.12. The van der Waals surface area contributed by atoms with E-state index in [0.29, 0.717) is 5.92 Å². The van der Waals surface area contributed by atoms with Crippen LogP contribution in [0.5, 0.6) is 0 Å². The quantitative estimate of drug-likeness (QED) is 0.714. The summed E-state index contributed by atoms with van der Waals surface area (Å²) < 4.78 is 2.32. The maximum atomic E-state index is 10.9. The monoisotopic (exact) mass is 218 g/mol. The van der Waals surface area contributed by atoms with Crippen LogP contribution in [0, 0.1) is 5.92 Å². The first-order valence-corrected chi connectivity index (χ1v) is 6.38. The number of carbonyl (C=O) groups is 1. The van der Waals surface area contributed by atoms with Gasteiger partial charge in [0, 0.05) is 30.3 Å². The van der Waals surface area contributed by atoms with Crippen molar-refractivity contribution in [2.45, 2.75) is 51.0 Å². The maximum absolute atomic E-state index is 10.9. The van der Waals surface area contributed by atoms with Crippen molar-refractivity contribution in [1.29, 1.82) is 0 Å². The molecule has 1 fully saturated rings. The van der Waals surface area contributed by atoms with Crippen molar-refractivity contribution in [3.05, 3.63) is 17.7 Å². The summed E-state index contributed by atoms with van der Waals surface area (Å²) in [5.74, 6) is 2.11. The Bertz CT molecular complexity index is 391. The molecule has 0 amide bonds. The van der Waals surface area contributed by atoms with Crippen LogP contribution in [0.2, 0.25) is 0 Å². The lowest BCUT2D eigenvalue weighted by atomic mass is 9.99. The number of aryl methyl sites for hydroxylation is 1. The molecular weight excluding hydrogens is 200 g/mol. The van der Waals surface area contributed by atoms with Crippen molar-refractivity contribution < 1.29 is 4.79 Å². The van der Waals surface area contributed by atoms with Gasteiger partial charge in [-0.25, -0.2) is 4.98 Å². The van der Waals surface area contributed by atoms with Crippen molar-refractivity contribution in [1.82, 2.24) is 9.55 Å². The lowest BCUT2D eigenvalue weighted by molar-refractivity contribution is -0.111. The van der Waals surface area contributed by atoms with E-state index in [9.17, 15) is 4.79 Å². The minimum atomic E-state index is 0.210. The molecule has 2 aliphatic rings. The van der Waals surface area contributed by atoms with Crippen LogP contribution in [-0.2, 0) is 17.8 Å². The Morgan fingerprint density at radius 1 is 1.31 bits per heavy atom. The predicted molar refractivity (Wildman–Crippen MR) is 61.3 cm³/mol. The first-order valence-electron chi connectivity index (χ1n) is 6.38. The SMILES string of the molecule is O=CC1CCc2cnc(C3CCCC3)n2C1. The van der Waals surface area contributed by atoms with Gasteiger partial charge in [0.25, 0.3) is 0 Å². The molecule has 1 aliphatic heterocycles. The van der Waals surface area contributed by atoms with Crippen LogP contribution in [0.25, 0.3) is 0 Å². The third-order valence-corrected chi connectivity index (χ3v) is 4.07.